The number of non-ortho nitro benzene ring substituents is 1. The van der Waals surface area contributed by atoms with Crippen molar-refractivity contribution in [3.63, 3.8) is 0 Å². The van der Waals surface area contributed by atoms with Crippen LogP contribution >= 0.6 is 0 Å². The molecule has 1 heterocycles. The van der Waals surface area contributed by atoms with Crippen molar-refractivity contribution >= 4 is 29.2 Å². The number of aliphatic hydroxyl groups excluding tert-OH is 1. The van der Waals surface area contributed by atoms with Crippen LogP contribution in [0.2, 0.25) is 0 Å². The summed E-state index contributed by atoms with van der Waals surface area (Å²) >= 11 is 0. The van der Waals surface area contributed by atoms with E-state index >= 15 is 0 Å². The number of nitrogens with zero attached hydrogens (tertiary/aromatic N) is 3. The third-order valence-electron chi connectivity index (χ3n) is 8.10. The van der Waals surface area contributed by atoms with Gasteiger partial charge >= 0.3 is 6.03 Å². The standard InChI is InChI=1S/C31H41N5O6/c1-2-34(31(40)32-24-13-7-4-8-14-24)21-28(37)27(17-22-11-5-3-6-12-22)33-30(39)23-18-25(20-26(19-23)36(41)42)35-16-10-9-15-29(35)38/h3,5-6,11-12,18-20,24,27-28,37H,2,4,7-10,13-17,21H2,1H3,(H,32,40)(H,33,39). The maximum absolute atomic E-state index is 13.6. The lowest BCUT2D eigenvalue weighted by Gasteiger charge is -2.32. The highest BCUT2D eigenvalue weighted by Gasteiger charge is 2.29. The second-order valence-corrected chi connectivity index (χ2v) is 11.2. The number of nitro benzene ring substituents is 1. The first-order valence-electron chi connectivity index (χ1n) is 14.9. The fraction of sp³-hybridized carbons (Fsp3) is 0.516. The number of aliphatic hydroxyl groups is 1. The Morgan fingerprint density at radius 1 is 1.10 bits per heavy atom. The molecule has 0 radical (unpaired) electrons. The molecular weight excluding hydrogens is 538 g/mol. The zero-order valence-corrected chi connectivity index (χ0v) is 24.2. The normalized spacial score (nSPS) is 17.3. The maximum atomic E-state index is 13.6. The first-order chi connectivity index (χ1) is 20.2. The van der Waals surface area contributed by atoms with Gasteiger partial charge in [-0.15, -0.1) is 0 Å². The van der Waals surface area contributed by atoms with Crippen molar-refractivity contribution in [1.82, 2.24) is 15.5 Å². The van der Waals surface area contributed by atoms with E-state index in [4.69, 9.17) is 0 Å². The molecule has 2 aliphatic rings. The topological polar surface area (TPSA) is 145 Å². The molecule has 11 heteroatoms. The lowest BCUT2D eigenvalue weighted by atomic mass is 9.96. The van der Waals surface area contributed by atoms with Gasteiger partial charge in [-0.1, -0.05) is 49.6 Å². The summed E-state index contributed by atoms with van der Waals surface area (Å²) in [4.78, 5) is 53.3. The van der Waals surface area contributed by atoms with Crippen LogP contribution in [-0.2, 0) is 11.2 Å². The molecule has 226 valence electrons. The maximum Gasteiger partial charge on any atom is 0.317 e. The zero-order valence-electron chi connectivity index (χ0n) is 24.2. The smallest absolute Gasteiger partial charge is 0.317 e. The van der Waals surface area contributed by atoms with Gasteiger partial charge in [0.1, 0.15) is 0 Å². The molecule has 4 amide bonds. The summed E-state index contributed by atoms with van der Waals surface area (Å²) in [6, 6.07) is 12.4. The van der Waals surface area contributed by atoms with Gasteiger partial charge in [-0.05, 0) is 50.7 Å². The highest BCUT2D eigenvalue weighted by Crippen LogP contribution is 2.27. The average Bonchev–Trinajstić information content (AvgIpc) is 3.00. The van der Waals surface area contributed by atoms with Gasteiger partial charge in [0.2, 0.25) is 5.91 Å². The number of benzene rings is 2. The number of likely N-dealkylation sites (N-methyl/N-ethyl adjacent to an activating group) is 1. The van der Waals surface area contributed by atoms with E-state index in [0.717, 1.165) is 44.1 Å². The van der Waals surface area contributed by atoms with Crippen molar-refractivity contribution in [3.8, 4) is 0 Å². The van der Waals surface area contributed by atoms with Crippen molar-refractivity contribution in [2.45, 2.75) is 82.9 Å². The van der Waals surface area contributed by atoms with Crippen molar-refractivity contribution in [1.29, 1.82) is 0 Å². The molecule has 1 saturated carbocycles. The van der Waals surface area contributed by atoms with E-state index in [-0.39, 0.29) is 42.2 Å². The SMILES string of the molecule is CCN(CC(O)C(Cc1ccccc1)NC(=O)c1cc(N2CCCCC2=O)cc([N+](=O)[O-])c1)C(=O)NC1CCCCC1. The predicted octanol–water partition coefficient (Wildman–Crippen LogP) is 4.18. The second kappa shape index (κ2) is 14.8. The van der Waals surface area contributed by atoms with Crippen molar-refractivity contribution in [3.05, 3.63) is 69.8 Å². The van der Waals surface area contributed by atoms with E-state index in [0.29, 0.717) is 25.2 Å². The molecule has 3 N–H and O–H groups in total. The molecule has 0 aromatic heterocycles. The van der Waals surface area contributed by atoms with Crippen molar-refractivity contribution in [2.75, 3.05) is 24.5 Å². The lowest BCUT2D eigenvalue weighted by Crippen LogP contribution is -2.53. The van der Waals surface area contributed by atoms with Crippen LogP contribution in [0.5, 0.6) is 0 Å². The highest BCUT2D eigenvalue weighted by molar-refractivity contribution is 5.99. The number of urea groups is 1. The summed E-state index contributed by atoms with van der Waals surface area (Å²) in [5.41, 5.74) is 0.892. The predicted molar refractivity (Wildman–Crippen MR) is 159 cm³/mol. The Balaban J connectivity index is 1.54. The number of piperidine rings is 1. The third kappa shape index (κ3) is 8.28. The number of rotatable bonds is 11. The van der Waals surface area contributed by atoms with Crippen LogP contribution in [0, 0.1) is 10.1 Å². The number of carbonyl (C=O) groups is 3. The van der Waals surface area contributed by atoms with Crippen molar-refractivity contribution < 1.29 is 24.4 Å². The highest BCUT2D eigenvalue weighted by atomic mass is 16.6. The number of hydrogen-bond acceptors (Lipinski definition) is 6. The van der Waals surface area contributed by atoms with E-state index in [1.54, 1.807) is 0 Å². The lowest BCUT2D eigenvalue weighted by molar-refractivity contribution is -0.384. The Labute approximate surface area is 246 Å². The molecule has 0 spiro atoms. The number of nitrogens with one attached hydrogen (secondary N) is 2. The second-order valence-electron chi connectivity index (χ2n) is 11.2. The molecule has 11 nitrogen and oxygen atoms in total. The molecule has 2 fully saturated rings. The van der Waals surface area contributed by atoms with Crippen LogP contribution in [0.4, 0.5) is 16.2 Å². The molecular formula is C31H41N5O6. The number of anilines is 1. The summed E-state index contributed by atoms with van der Waals surface area (Å²) in [5.74, 6) is -0.754. The number of nitro groups is 1. The number of amides is 4. The number of carbonyl (C=O) groups excluding carboxylic acids is 3. The van der Waals surface area contributed by atoms with Crippen LogP contribution < -0.4 is 15.5 Å². The first-order valence-corrected chi connectivity index (χ1v) is 14.9. The Morgan fingerprint density at radius 3 is 2.50 bits per heavy atom. The molecule has 1 saturated heterocycles. The fourth-order valence-electron chi connectivity index (χ4n) is 5.69. The van der Waals surface area contributed by atoms with Gasteiger partial charge in [0.25, 0.3) is 11.6 Å². The third-order valence-corrected chi connectivity index (χ3v) is 8.10. The summed E-state index contributed by atoms with van der Waals surface area (Å²) in [7, 11) is 0. The van der Waals surface area contributed by atoms with Crippen LogP contribution in [0.3, 0.4) is 0 Å². The Hall–Kier alpha value is -3.99. The van der Waals surface area contributed by atoms with Crippen LogP contribution in [0.15, 0.2) is 48.5 Å². The van der Waals surface area contributed by atoms with E-state index < -0.39 is 23.0 Å². The van der Waals surface area contributed by atoms with Crippen LogP contribution in [-0.4, -0.2) is 70.6 Å². The molecule has 2 unspecified atom stereocenters. The summed E-state index contributed by atoms with van der Waals surface area (Å²) in [6.07, 6.45) is 6.23. The molecule has 2 aromatic rings. The molecule has 0 bridgehead atoms. The Morgan fingerprint density at radius 2 is 1.83 bits per heavy atom. The van der Waals surface area contributed by atoms with Gasteiger partial charge in [0.05, 0.1) is 29.3 Å². The van der Waals surface area contributed by atoms with Crippen LogP contribution in [0.25, 0.3) is 0 Å². The molecule has 2 aromatic carbocycles. The van der Waals surface area contributed by atoms with Crippen molar-refractivity contribution in [2.24, 2.45) is 0 Å². The molecule has 2 atom stereocenters. The average molecular weight is 580 g/mol. The van der Waals surface area contributed by atoms with Gasteiger partial charge in [-0.3, -0.25) is 19.7 Å². The fourth-order valence-corrected chi connectivity index (χ4v) is 5.69. The minimum absolute atomic E-state index is 0.00466. The largest absolute Gasteiger partial charge is 0.389 e. The first kappa shape index (κ1) is 31.0. The minimum Gasteiger partial charge on any atom is -0.389 e. The van der Waals surface area contributed by atoms with Gasteiger partial charge < -0.3 is 25.5 Å². The molecule has 42 heavy (non-hydrogen) atoms. The number of hydrogen-bond donors (Lipinski definition) is 3. The minimum atomic E-state index is -1.12. The van der Waals surface area contributed by atoms with Gasteiger partial charge in [0, 0.05) is 43.2 Å². The van der Waals surface area contributed by atoms with Gasteiger partial charge in [-0.2, -0.15) is 0 Å². The van der Waals surface area contributed by atoms with E-state index in [1.165, 1.54) is 34.4 Å². The monoisotopic (exact) mass is 579 g/mol. The Kier molecular flexibility index (Phi) is 10.9. The summed E-state index contributed by atoms with van der Waals surface area (Å²) in [5, 5.41) is 29.0. The Bertz CT molecular complexity index is 1250. The molecule has 1 aliphatic heterocycles. The summed E-state index contributed by atoms with van der Waals surface area (Å²) in [6.45, 7) is 2.63. The van der Waals surface area contributed by atoms with Gasteiger partial charge in [0.15, 0.2) is 0 Å². The van der Waals surface area contributed by atoms with E-state index in [2.05, 4.69) is 10.6 Å². The molecule has 4 rings (SSSR count). The van der Waals surface area contributed by atoms with Gasteiger partial charge in [-0.25, -0.2) is 4.79 Å². The van der Waals surface area contributed by atoms with Crippen LogP contribution in [0.1, 0.15) is 74.2 Å². The molecule has 1 aliphatic carbocycles. The van der Waals surface area contributed by atoms with E-state index in [1.807, 2.05) is 37.3 Å². The zero-order chi connectivity index (χ0) is 30.1. The van der Waals surface area contributed by atoms with E-state index in [9.17, 15) is 29.6 Å². The quantitative estimate of drug-likeness (QED) is 0.269. The summed E-state index contributed by atoms with van der Waals surface area (Å²) < 4.78 is 0.